The molecular formula is C21H22N3O5-. The van der Waals surface area contributed by atoms with Crippen LogP contribution in [0.3, 0.4) is 0 Å². The molecule has 4 rings (SSSR count). The van der Waals surface area contributed by atoms with Crippen LogP contribution in [0.4, 0.5) is 11.4 Å². The molecular weight excluding hydrogens is 374 g/mol. The van der Waals surface area contributed by atoms with E-state index in [0.29, 0.717) is 17.1 Å². The van der Waals surface area contributed by atoms with Crippen LogP contribution in [0.2, 0.25) is 0 Å². The predicted octanol–water partition coefficient (Wildman–Crippen LogP) is 2.77. The molecule has 1 atom stereocenters. The summed E-state index contributed by atoms with van der Waals surface area (Å²) >= 11 is 0. The van der Waals surface area contributed by atoms with E-state index in [2.05, 4.69) is 0 Å². The van der Waals surface area contributed by atoms with Crippen molar-refractivity contribution in [2.24, 2.45) is 5.73 Å². The molecule has 1 spiro atoms. The number of hydrogen-bond acceptors (Lipinski definition) is 7. The van der Waals surface area contributed by atoms with E-state index in [4.69, 9.17) is 15.2 Å². The van der Waals surface area contributed by atoms with E-state index in [9.17, 15) is 15.2 Å². The minimum atomic E-state index is -1.04. The normalized spacial score (nSPS) is 20.8. The predicted molar refractivity (Wildman–Crippen MR) is 109 cm³/mol. The van der Waals surface area contributed by atoms with E-state index in [0.717, 1.165) is 11.3 Å². The van der Waals surface area contributed by atoms with Gasteiger partial charge >= 0.3 is 0 Å². The Morgan fingerprint density at radius 1 is 1.34 bits per heavy atom. The second-order valence-corrected chi connectivity index (χ2v) is 7.67. The van der Waals surface area contributed by atoms with Gasteiger partial charge in [0, 0.05) is 17.3 Å². The first-order valence-electron chi connectivity index (χ1n) is 9.13. The van der Waals surface area contributed by atoms with Crippen LogP contribution in [-0.2, 0) is 10.2 Å². The number of primary amides is 1. The Morgan fingerprint density at radius 3 is 2.72 bits per heavy atom. The number of methoxy groups -OCH3 is 1. The lowest BCUT2D eigenvalue weighted by atomic mass is 9.76. The molecule has 2 aromatic carbocycles. The molecule has 29 heavy (non-hydrogen) atoms. The number of carbonyl (C=O) groups is 1. The van der Waals surface area contributed by atoms with Crippen LogP contribution in [0.15, 0.2) is 42.5 Å². The first-order chi connectivity index (χ1) is 13.7. The van der Waals surface area contributed by atoms with Crippen molar-refractivity contribution in [3.63, 3.8) is 0 Å². The first kappa shape index (κ1) is 19.1. The first-order valence-corrected chi connectivity index (χ1v) is 9.13. The van der Waals surface area contributed by atoms with Crippen molar-refractivity contribution in [3.05, 3.63) is 58.8 Å². The van der Waals surface area contributed by atoms with Crippen molar-refractivity contribution >= 4 is 23.4 Å². The zero-order valence-electron chi connectivity index (χ0n) is 16.4. The van der Waals surface area contributed by atoms with E-state index in [1.807, 2.05) is 49.1 Å². The number of nitrogens with two attached hydrogens (primary N) is 1. The highest BCUT2D eigenvalue weighted by Crippen LogP contribution is 2.56. The maximum atomic E-state index is 11.9. The number of hydrogen-bond donors (Lipinski definition) is 2. The number of carbonyl (C=O) groups excluding carboxylic acids is 1. The molecule has 1 unspecified atom stereocenters. The highest BCUT2D eigenvalue weighted by molar-refractivity contribution is 5.84. The van der Waals surface area contributed by atoms with Gasteiger partial charge in [-0.2, -0.15) is 0 Å². The lowest BCUT2D eigenvalue weighted by Crippen LogP contribution is -2.61. The minimum absolute atomic E-state index is 0.0211. The Labute approximate surface area is 168 Å². The van der Waals surface area contributed by atoms with Crippen molar-refractivity contribution in [1.29, 1.82) is 0 Å². The summed E-state index contributed by atoms with van der Waals surface area (Å²) in [6, 6.07) is 10.7. The van der Waals surface area contributed by atoms with Crippen LogP contribution in [0.5, 0.6) is 11.5 Å². The Balaban J connectivity index is 1.91. The fraction of sp³-hybridized carbons (Fsp3) is 0.286. The van der Waals surface area contributed by atoms with E-state index in [-0.39, 0.29) is 17.5 Å². The van der Waals surface area contributed by atoms with Crippen LogP contribution in [0, 0.1) is 5.21 Å². The quantitative estimate of drug-likeness (QED) is 0.764. The third-order valence-electron chi connectivity index (χ3n) is 5.73. The highest BCUT2D eigenvalue weighted by atomic mass is 16.8. The van der Waals surface area contributed by atoms with E-state index < -0.39 is 17.0 Å². The maximum Gasteiger partial charge on any atom is 0.237 e. The molecule has 3 N–H and O–H groups in total. The number of amides is 1. The number of benzene rings is 2. The van der Waals surface area contributed by atoms with Gasteiger partial charge < -0.3 is 30.5 Å². The molecule has 0 aliphatic carbocycles. The van der Waals surface area contributed by atoms with Gasteiger partial charge in [-0.3, -0.25) is 10.0 Å². The average Bonchev–Trinajstić information content (AvgIpc) is 2.86. The minimum Gasteiger partial charge on any atom is -0.733 e. The Bertz CT molecular complexity index is 1020. The third kappa shape index (κ3) is 2.64. The number of ether oxygens (including phenoxy) is 2. The zero-order chi connectivity index (χ0) is 21.0. The fourth-order valence-corrected chi connectivity index (χ4v) is 4.28. The molecule has 0 saturated heterocycles. The second kappa shape index (κ2) is 6.40. The van der Waals surface area contributed by atoms with Crippen molar-refractivity contribution < 1.29 is 19.5 Å². The zero-order valence-corrected chi connectivity index (χ0v) is 16.4. The van der Waals surface area contributed by atoms with Gasteiger partial charge in [0.2, 0.25) is 11.6 Å². The summed E-state index contributed by atoms with van der Waals surface area (Å²) < 4.78 is 12.0. The van der Waals surface area contributed by atoms with Crippen LogP contribution < -0.4 is 25.3 Å². The average molecular weight is 396 g/mol. The second-order valence-electron chi connectivity index (χ2n) is 7.67. The van der Waals surface area contributed by atoms with Gasteiger partial charge in [0.05, 0.1) is 18.2 Å². The fourth-order valence-electron chi connectivity index (χ4n) is 4.28. The molecule has 0 aromatic heterocycles. The Hall–Kier alpha value is -3.23. The summed E-state index contributed by atoms with van der Waals surface area (Å²) in [6.45, 7) is 4.04. The summed E-state index contributed by atoms with van der Waals surface area (Å²) in [5.74, 6) is 0.224. The van der Waals surface area contributed by atoms with Gasteiger partial charge in [-0.1, -0.05) is 18.2 Å². The summed E-state index contributed by atoms with van der Waals surface area (Å²) in [6.07, 6.45) is 3.66. The SMILES string of the molecule is COc1cc(N([O-])O)cc2c1OC1(C=C2)N(CC(N)=O)c2ccccc2C1(C)C. The van der Waals surface area contributed by atoms with Gasteiger partial charge in [-0.05, 0) is 43.7 Å². The summed E-state index contributed by atoms with van der Waals surface area (Å²) in [7, 11) is 1.45. The van der Waals surface area contributed by atoms with Crippen LogP contribution in [0.1, 0.15) is 25.0 Å². The molecule has 152 valence electrons. The van der Waals surface area contributed by atoms with Crippen LogP contribution >= 0.6 is 0 Å². The molecule has 0 saturated carbocycles. The van der Waals surface area contributed by atoms with Gasteiger partial charge in [0.25, 0.3) is 0 Å². The molecule has 8 heteroatoms. The molecule has 8 nitrogen and oxygen atoms in total. The van der Waals surface area contributed by atoms with Gasteiger partial charge in [-0.15, -0.1) is 0 Å². The molecule has 2 aliphatic rings. The number of anilines is 2. The third-order valence-corrected chi connectivity index (χ3v) is 5.73. The molecule has 2 aromatic rings. The van der Waals surface area contributed by atoms with Gasteiger partial charge in [0.1, 0.15) is 6.54 Å². The Morgan fingerprint density at radius 2 is 2.07 bits per heavy atom. The molecule has 2 aliphatic heterocycles. The lowest BCUT2D eigenvalue weighted by molar-refractivity contribution is -0.117. The standard InChI is InChI=1S/C21H22N3O5/c1-20(2)15-6-4-5-7-16(15)23(12-18(22)25)21(20)9-8-13-10-14(24(26)27)11-17(28-3)19(13)29-21/h4-11,26H,12H2,1-3H3,(H2,22,25)/q-1. The topological polar surface area (TPSA) is 111 Å². The number of para-hydroxylation sites is 1. The summed E-state index contributed by atoms with van der Waals surface area (Å²) in [5.41, 5.74) is 6.46. The van der Waals surface area contributed by atoms with E-state index in [1.54, 1.807) is 6.08 Å². The van der Waals surface area contributed by atoms with Crippen molar-refractivity contribution in [3.8, 4) is 11.5 Å². The van der Waals surface area contributed by atoms with Crippen molar-refractivity contribution in [2.45, 2.75) is 25.0 Å². The van der Waals surface area contributed by atoms with E-state index >= 15 is 0 Å². The molecule has 0 radical (unpaired) electrons. The molecule has 0 bridgehead atoms. The maximum absolute atomic E-state index is 11.9. The molecule has 2 heterocycles. The number of rotatable bonds is 4. The van der Waals surface area contributed by atoms with Crippen molar-refractivity contribution in [1.82, 2.24) is 0 Å². The Kier molecular flexibility index (Phi) is 4.21. The van der Waals surface area contributed by atoms with Crippen molar-refractivity contribution in [2.75, 3.05) is 23.8 Å². The number of nitrogens with zero attached hydrogens (tertiary/aromatic N) is 2. The van der Waals surface area contributed by atoms with Crippen LogP contribution in [-0.4, -0.2) is 30.5 Å². The van der Waals surface area contributed by atoms with Gasteiger partial charge in [-0.25, -0.2) is 0 Å². The monoisotopic (exact) mass is 396 g/mol. The summed E-state index contributed by atoms with van der Waals surface area (Å²) in [4.78, 5) is 13.7. The van der Waals surface area contributed by atoms with Crippen LogP contribution in [0.25, 0.3) is 6.08 Å². The highest BCUT2D eigenvalue weighted by Gasteiger charge is 2.59. The van der Waals surface area contributed by atoms with Gasteiger partial charge in [0.15, 0.2) is 11.5 Å². The smallest absolute Gasteiger partial charge is 0.237 e. The lowest BCUT2D eigenvalue weighted by Gasteiger charge is -2.47. The molecule has 1 amide bonds. The largest absolute Gasteiger partial charge is 0.733 e. The summed E-state index contributed by atoms with van der Waals surface area (Å²) in [5, 5.41) is 20.4. The molecule has 0 fully saturated rings. The van der Waals surface area contributed by atoms with E-state index in [1.165, 1.54) is 19.2 Å². The number of fused-ring (bicyclic) bond motifs is 2.